The van der Waals surface area contributed by atoms with Crippen LogP contribution in [0.1, 0.15) is 0 Å². The number of methoxy groups -OCH3 is 1. The van der Waals surface area contributed by atoms with Crippen molar-refractivity contribution in [2.24, 2.45) is 0 Å². The quantitative estimate of drug-likeness (QED) is 0.406. The maximum absolute atomic E-state index is 12.1. The van der Waals surface area contributed by atoms with Gasteiger partial charge in [0.1, 0.15) is 6.61 Å². The van der Waals surface area contributed by atoms with Crippen molar-refractivity contribution >= 4 is 5.97 Å². The van der Waals surface area contributed by atoms with E-state index in [-0.39, 0.29) is 24.7 Å². The normalized spacial score (nSPS) is 36.7. The number of nitrogens with zero attached hydrogens (tertiary/aromatic N) is 3. The zero-order valence-corrected chi connectivity index (χ0v) is 21.6. The highest BCUT2D eigenvalue weighted by molar-refractivity contribution is 5.71. The number of morpholine rings is 1. The van der Waals surface area contributed by atoms with Crippen LogP contribution in [0.4, 0.5) is 0 Å². The minimum atomic E-state index is -0.945. The van der Waals surface area contributed by atoms with Gasteiger partial charge in [-0.05, 0) is 0 Å². The molecule has 12 nitrogen and oxygen atoms in total. The highest BCUT2D eigenvalue weighted by Gasteiger charge is 2.47. The number of carbonyl (C=O) groups excluding carboxylic acids is 1. The van der Waals surface area contributed by atoms with Crippen molar-refractivity contribution in [3.8, 4) is 0 Å². The van der Waals surface area contributed by atoms with Gasteiger partial charge in [-0.25, -0.2) is 0 Å². The standard InChI is InChI=1S/C24H43N3O9/c1-29-23(28)17-27-15-21-14-25-2-6-30-10-12-32-8-4-26(5-9-33-13-11-31-7-3-25)16-22-18-34-20-24(19-27,35-21)36-22/h21-22H,2-20H2,1H3. The van der Waals surface area contributed by atoms with E-state index in [1.807, 2.05) is 0 Å². The number of fused-ring (bicyclic) bond motifs is 2. The van der Waals surface area contributed by atoms with E-state index in [0.29, 0.717) is 92.2 Å². The van der Waals surface area contributed by atoms with Crippen molar-refractivity contribution in [1.29, 1.82) is 0 Å². The van der Waals surface area contributed by atoms with E-state index in [1.165, 1.54) is 7.11 Å². The number of ether oxygens (including phenoxy) is 8. The molecule has 0 aliphatic carbocycles. The number of hydrogen-bond donors (Lipinski definition) is 0. The second-order valence-electron chi connectivity index (χ2n) is 9.70. The van der Waals surface area contributed by atoms with Gasteiger partial charge in [-0.3, -0.25) is 19.5 Å². The Bertz CT molecular complexity index is 636. The smallest absolute Gasteiger partial charge is 0.319 e. The topological polar surface area (TPSA) is 101 Å². The van der Waals surface area contributed by atoms with E-state index in [4.69, 9.17) is 37.9 Å². The summed E-state index contributed by atoms with van der Waals surface area (Å²) in [7, 11) is 1.41. The average molecular weight is 518 g/mol. The SMILES string of the molecule is COC(=O)CN1CC2CN3CCOCCOCCN(CCOCCOCC3)CC3COCC(C1)(O3)O2. The summed E-state index contributed by atoms with van der Waals surface area (Å²) in [6.07, 6.45) is -0.355. The van der Waals surface area contributed by atoms with Crippen molar-refractivity contribution in [3.63, 3.8) is 0 Å². The molecule has 4 aliphatic rings. The monoisotopic (exact) mass is 517 g/mol. The molecule has 4 heterocycles. The first-order valence-electron chi connectivity index (χ1n) is 13.1. The van der Waals surface area contributed by atoms with Gasteiger partial charge in [-0.1, -0.05) is 0 Å². The fraction of sp³-hybridized carbons (Fsp3) is 0.958. The summed E-state index contributed by atoms with van der Waals surface area (Å²) in [5.74, 6) is -1.22. The zero-order chi connectivity index (χ0) is 25.1. The molecule has 4 saturated heterocycles. The zero-order valence-electron chi connectivity index (χ0n) is 21.6. The van der Waals surface area contributed by atoms with Gasteiger partial charge in [-0.2, -0.15) is 0 Å². The molecule has 1 spiro atoms. The van der Waals surface area contributed by atoms with Crippen LogP contribution in [0.3, 0.4) is 0 Å². The number of hydrogen-bond acceptors (Lipinski definition) is 12. The van der Waals surface area contributed by atoms with Gasteiger partial charge in [0.05, 0.1) is 91.9 Å². The fourth-order valence-corrected chi connectivity index (χ4v) is 5.07. The molecule has 0 saturated carbocycles. The molecule has 12 heteroatoms. The van der Waals surface area contributed by atoms with E-state index in [0.717, 1.165) is 26.2 Å². The molecule has 5 bridgehead atoms. The first-order chi connectivity index (χ1) is 17.6. The predicted molar refractivity (Wildman–Crippen MR) is 128 cm³/mol. The lowest BCUT2D eigenvalue weighted by Gasteiger charge is -2.49. The number of rotatable bonds is 2. The van der Waals surface area contributed by atoms with Gasteiger partial charge in [0.25, 0.3) is 0 Å². The lowest BCUT2D eigenvalue weighted by Crippen LogP contribution is -2.65. The van der Waals surface area contributed by atoms with Crippen molar-refractivity contribution in [1.82, 2.24) is 14.7 Å². The maximum Gasteiger partial charge on any atom is 0.319 e. The second-order valence-corrected chi connectivity index (χ2v) is 9.70. The Morgan fingerprint density at radius 3 is 1.83 bits per heavy atom. The Morgan fingerprint density at radius 2 is 1.28 bits per heavy atom. The Balaban J connectivity index is 1.56. The predicted octanol–water partition coefficient (Wildman–Crippen LogP) is -1.33. The Labute approximate surface area is 213 Å². The third-order valence-corrected chi connectivity index (χ3v) is 6.77. The van der Waals surface area contributed by atoms with E-state index in [1.54, 1.807) is 0 Å². The molecule has 0 radical (unpaired) electrons. The third-order valence-electron chi connectivity index (χ3n) is 6.77. The van der Waals surface area contributed by atoms with Crippen LogP contribution in [0.25, 0.3) is 0 Å². The summed E-state index contributed by atoms with van der Waals surface area (Å²) < 4.78 is 47.6. The van der Waals surface area contributed by atoms with Crippen LogP contribution < -0.4 is 0 Å². The highest BCUT2D eigenvalue weighted by atomic mass is 16.7. The molecule has 0 N–H and O–H groups in total. The highest BCUT2D eigenvalue weighted by Crippen LogP contribution is 2.29. The first kappa shape index (κ1) is 28.1. The van der Waals surface area contributed by atoms with Crippen LogP contribution in [-0.4, -0.2) is 171 Å². The lowest BCUT2D eigenvalue weighted by atomic mass is 10.1. The minimum Gasteiger partial charge on any atom is -0.468 e. The minimum absolute atomic E-state index is 0.174. The van der Waals surface area contributed by atoms with Gasteiger partial charge in [0.2, 0.25) is 5.79 Å². The van der Waals surface area contributed by atoms with Crippen molar-refractivity contribution < 1.29 is 42.7 Å². The van der Waals surface area contributed by atoms with E-state index >= 15 is 0 Å². The molecule has 3 unspecified atom stereocenters. The lowest BCUT2D eigenvalue weighted by molar-refractivity contribution is -0.353. The van der Waals surface area contributed by atoms with Crippen LogP contribution in [0.2, 0.25) is 0 Å². The molecule has 0 aromatic rings. The molecule has 4 rings (SSSR count). The molecule has 4 fully saturated rings. The van der Waals surface area contributed by atoms with Gasteiger partial charge < -0.3 is 37.9 Å². The first-order valence-corrected chi connectivity index (χ1v) is 13.1. The molecule has 36 heavy (non-hydrogen) atoms. The van der Waals surface area contributed by atoms with Gasteiger partial charge in [0, 0.05) is 45.8 Å². The second kappa shape index (κ2) is 14.9. The van der Waals surface area contributed by atoms with Crippen LogP contribution in [-0.2, 0) is 42.7 Å². The Morgan fingerprint density at radius 1 is 0.750 bits per heavy atom. The third kappa shape index (κ3) is 9.12. The molecular weight excluding hydrogens is 474 g/mol. The summed E-state index contributed by atoms with van der Waals surface area (Å²) in [4.78, 5) is 18.8. The van der Waals surface area contributed by atoms with Gasteiger partial charge in [-0.15, -0.1) is 0 Å². The summed E-state index contributed by atoms with van der Waals surface area (Å²) in [5, 5.41) is 0. The average Bonchev–Trinajstić information content (AvgIpc) is 2.85. The molecule has 0 aromatic carbocycles. The summed E-state index contributed by atoms with van der Waals surface area (Å²) in [5.41, 5.74) is 0. The number of esters is 1. The molecular formula is C24H43N3O9. The summed E-state index contributed by atoms with van der Waals surface area (Å²) in [6.45, 7) is 10.9. The van der Waals surface area contributed by atoms with Crippen LogP contribution in [0, 0.1) is 0 Å². The van der Waals surface area contributed by atoms with Gasteiger partial charge >= 0.3 is 5.97 Å². The fourth-order valence-electron chi connectivity index (χ4n) is 5.07. The van der Waals surface area contributed by atoms with Crippen molar-refractivity contribution in [2.45, 2.75) is 18.0 Å². The van der Waals surface area contributed by atoms with E-state index in [9.17, 15) is 4.79 Å². The van der Waals surface area contributed by atoms with E-state index < -0.39 is 5.79 Å². The summed E-state index contributed by atoms with van der Waals surface area (Å²) >= 11 is 0. The number of carbonyl (C=O) groups is 1. The van der Waals surface area contributed by atoms with E-state index in [2.05, 4.69) is 14.7 Å². The summed E-state index contributed by atoms with van der Waals surface area (Å²) in [6, 6.07) is 0. The maximum atomic E-state index is 12.1. The molecule has 4 aliphatic heterocycles. The van der Waals surface area contributed by atoms with Crippen LogP contribution >= 0.6 is 0 Å². The van der Waals surface area contributed by atoms with Gasteiger partial charge in [0.15, 0.2) is 0 Å². The van der Waals surface area contributed by atoms with Crippen molar-refractivity contribution in [2.75, 3.05) is 132 Å². The molecule has 0 amide bonds. The van der Waals surface area contributed by atoms with Crippen LogP contribution in [0.5, 0.6) is 0 Å². The Kier molecular flexibility index (Phi) is 11.6. The largest absolute Gasteiger partial charge is 0.468 e. The molecule has 0 aromatic heterocycles. The Hall–Kier alpha value is -0.930. The van der Waals surface area contributed by atoms with Crippen LogP contribution in [0.15, 0.2) is 0 Å². The molecule has 208 valence electrons. The molecule has 3 atom stereocenters. The van der Waals surface area contributed by atoms with Crippen molar-refractivity contribution in [3.05, 3.63) is 0 Å².